The summed E-state index contributed by atoms with van der Waals surface area (Å²) in [7, 11) is 0. The third kappa shape index (κ3) is 2.92. The van der Waals surface area contributed by atoms with Gasteiger partial charge in [-0.15, -0.1) is 0 Å². The number of hydrogen-bond acceptors (Lipinski definition) is 2. The van der Waals surface area contributed by atoms with E-state index in [4.69, 9.17) is 10.5 Å². The van der Waals surface area contributed by atoms with Crippen LogP contribution in [0.3, 0.4) is 0 Å². The standard InChI is InChI=1S/C18H21NO/c19-16-11-12-17(20-13-16)18(14-7-3-1-4-8-14)15-9-5-2-6-10-15/h1-10,16-18H,11-13,19H2. The molecule has 0 saturated carbocycles. The molecule has 20 heavy (non-hydrogen) atoms. The topological polar surface area (TPSA) is 35.2 Å². The van der Waals surface area contributed by atoms with Crippen LogP contribution in [-0.2, 0) is 4.74 Å². The maximum atomic E-state index is 6.04. The molecule has 1 saturated heterocycles. The van der Waals surface area contributed by atoms with Gasteiger partial charge in [0.2, 0.25) is 0 Å². The van der Waals surface area contributed by atoms with E-state index < -0.39 is 0 Å². The van der Waals surface area contributed by atoms with E-state index in [1.165, 1.54) is 11.1 Å². The highest BCUT2D eigenvalue weighted by molar-refractivity contribution is 5.34. The summed E-state index contributed by atoms with van der Waals surface area (Å²) in [4.78, 5) is 0. The van der Waals surface area contributed by atoms with Crippen molar-refractivity contribution >= 4 is 0 Å². The summed E-state index contributed by atoms with van der Waals surface area (Å²) in [5.74, 6) is 0.296. The van der Waals surface area contributed by atoms with Crippen LogP contribution >= 0.6 is 0 Å². The molecule has 104 valence electrons. The highest BCUT2D eigenvalue weighted by Gasteiger charge is 2.29. The van der Waals surface area contributed by atoms with Gasteiger partial charge in [-0.3, -0.25) is 0 Å². The molecule has 1 aliphatic heterocycles. The van der Waals surface area contributed by atoms with E-state index >= 15 is 0 Å². The minimum Gasteiger partial charge on any atom is -0.376 e. The molecular formula is C18H21NO. The van der Waals surface area contributed by atoms with Gasteiger partial charge in [-0.2, -0.15) is 0 Å². The fraction of sp³-hybridized carbons (Fsp3) is 0.333. The number of rotatable bonds is 3. The third-order valence-electron chi connectivity index (χ3n) is 4.04. The fourth-order valence-corrected chi connectivity index (χ4v) is 3.00. The van der Waals surface area contributed by atoms with Gasteiger partial charge in [0.05, 0.1) is 12.7 Å². The van der Waals surface area contributed by atoms with Gasteiger partial charge in [0.15, 0.2) is 0 Å². The molecule has 2 aromatic carbocycles. The summed E-state index contributed by atoms with van der Waals surface area (Å²) in [6.45, 7) is 0.667. The minimum absolute atomic E-state index is 0.193. The second kappa shape index (κ2) is 6.21. The Bertz CT molecular complexity index is 478. The van der Waals surface area contributed by atoms with E-state index in [1.54, 1.807) is 0 Å². The maximum Gasteiger partial charge on any atom is 0.0685 e. The average molecular weight is 267 g/mol. The lowest BCUT2D eigenvalue weighted by Gasteiger charge is -2.33. The molecule has 1 heterocycles. The molecule has 2 N–H and O–H groups in total. The summed E-state index contributed by atoms with van der Waals surface area (Å²) in [5.41, 5.74) is 8.59. The lowest BCUT2D eigenvalue weighted by molar-refractivity contribution is -0.00374. The summed E-state index contributed by atoms with van der Waals surface area (Å²) >= 11 is 0. The molecule has 0 aromatic heterocycles. The maximum absolute atomic E-state index is 6.04. The van der Waals surface area contributed by atoms with Gasteiger partial charge in [-0.1, -0.05) is 60.7 Å². The molecule has 0 spiro atoms. The zero-order valence-corrected chi connectivity index (χ0v) is 11.6. The Morgan fingerprint density at radius 1 is 0.850 bits per heavy atom. The van der Waals surface area contributed by atoms with Crippen LogP contribution in [0.4, 0.5) is 0 Å². The van der Waals surface area contributed by atoms with Crippen LogP contribution in [0.25, 0.3) is 0 Å². The molecule has 1 aliphatic rings. The molecule has 0 amide bonds. The molecular weight excluding hydrogens is 246 g/mol. The Kier molecular flexibility index (Phi) is 4.14. The Morgan fingerprint density at radius 3 is 1.85 bits per heavy atom. The second-order valence-electron chi connectivity index (χ2n) is 5.51. The fourth-order valence-electron chi connectivity index (χ4n) is 3.00. The van der Waals surface area contributed by atoms with Gasteiger partial charge < -0.3 is 10.5 Å². The Balaban J connectivity index is 1.92. The first-order valence-electron chi connectivity index (χ1n) is 7.31. The molecule has 2 nitrogen and oxygen atoms in total. The summed E-state index contributed by atoms with van der Waals surface area (Å²) in [5, 5.41) is 0. The van der Waals surface area contributed by atoms with Crippen molar-refractivity contribution < 1.29 is 4.74 Å². The highest BCUT2D eigenvalue weighted by Crippen LogP contribution is 2.33. The number of hydrogen-bond donors (Lipinski definition) is 1. The van der Waals surface area contributed by atoms with Gasteiger partial charge in [0.1, 0.15) is 0 Å². The van der Waals surface area contributed by atoms with E-state index in [1.807, 2.05) is 0 Å². The first-order valence-corrected chi connectivity index (χ1v) is 7.31. The number of nitrogens with two attached hydrogens (primary N) is 1. The van der Waals surface area contributed by atoms with Crippen LogP contribution in [0.1, 0.15) is 29.9 Å². The van der Waals surface area contributed by atoms with Crippen molar-refractivity contribution in [3.8, 4) is 0 Å². The van der Waals surface area contributed by atoms with Gasteiger partial charge >= 0.3 is 0 Å². The quantitative estimate of drug-likeness (QED) is 0.926. The summed E-state index contributed by atoms with van der Waals surface area (Å²) in [6, 6.07) is 21.5. The molecule has 0 radical (unpaired) electrons. The number of ether oxygens (including phenoxy) is 1. The van der Waals surface area contributed by atoms with E-state index in [2.05, 4.69) is 60.7 Å². The largest absolute Gasteiger partial charge is 0.376 e. The van der Waals surface area contributed by atoms with Gasteiger partial charge in [0, 0.05) is 12.0 Å². The van der Waals surface area contributed by atoms with Gasteiger partial charge in [0.25, 0.3) is 0 Å². The Labute approximate surface area is 120 Å². The van der Waals surface area contributed by atoms with Crippen molar-refractivity contribution in [1.29, 1.82) is 0 Å². The van der Waals surface area contributed by atoms with Crippen LogP contribution in [0.2, 0.25) is 0 Å². The van der Waals surface area contributed by atoms with Gasteiger partial charge in [-0.05, 0) is 24.0 Å². The van der Waals surface area contributed by atoms with Crippen LogP contribution in [0.15, 0.2) is 60.7 Å². The lowest BCUT2D eigenvalue weighted by atomic mass is 9.83. The molecule has 2 unspecified atom stereocenters. The normalized spacial score (nSPS) is 22.9. The van der Waals surface area contributed by atoms with Crippen molar-refractivity contribution in [1.82, 2.24) is 0 Å². The summed E-state index contributed by atoms with van der Waals surface area (Å²) < 4.78 is 6.04. The zero-order valence-electron chi connectivity index (χ0n) is 11.6. The molecule has 2 atom stereocenters. The molecule has 2 heteroatoms. The van der Waals surface area contributed by atoms with Crippen molar-refractivity contribution in [2.45, 2.75) is 30.9 Å². The van der Waals surface area contributed by atoms with Crippen molar-refractivity contribution in [2.75, 3.05) is 6.61 Å². The van der Waals surface area contributed by atoms with Gasteiger partial charge in [-0.25, -0.2) is 0 Å². The minimum atomic E-state index is 0.193. The molecule has 0 aliphatic carbocycles. The Hall–Kier alpha value is -1.64. The molecule has 0 bridgehead atoms. The van der Waals surface area contributed by atoms with E-state index in [9.17, 15) is 0 Å². The van der Waals surface area contributed by atoms with Crippen LogP contribution in [-0.4, -0.2) is 18.8 Å². The molecule has 1 fully saturated rings. The lowest BCUT2D eigenvalue weighted by Crippen LogP contribution is -2.38. The highest BCUT2D eigenvalue weighted by atomic mass is 16.5. The second-order valence-corrected chi connectivity index (χ2v) is 5.51. The Morgan fingerprint density at radius 2 is 1.40 bits per heavy atom. The summed E-state index contributed by atoms with van der Waals surface area (Å²) in [6.07, 6.45) is 2.29. The zero-order chi connectivity index (χ0) is 13.8. The SMILES string of the molecule is NC1CCC(C(c2ccccc2)c2ccccc2)OC1. The van der Waals surface area contributed by atoms with Crippen LogP contribution < -0.4 is 5.73 Å². The predicted octanol–water partition coefficient (Wildman–Crippen LogP) is 3.32. The van der Waals surface area contributed by atoms with Crippen molar-refractivity contribution in [2.24, 2.45) is 5.73 Å². The first kappa shape index (κ1) is 13.3. The first-order chi connectivity index (χ1) is 9.84. The molecule has 2 aromatic rings. The predicted molar refractivity (Wildman–Crippen MR) is 81.7 cm³/mol. The monoisotopic (exact) mass is 267 g/mol. The van der Waals surface area contributed by atoms with Crippen LogP contribution in [0.5, 0.6) is 0 Å². The third-order valence-corrected chi connectivity index (χ3v) is 4.04. The van der Waals surface area contributed by atoms with Crippen LogP contribution in [0, 0.1) is 0 Å². The molecule has 3 rings (SSSR count). The van der Waals surface area contributed by atoms with E-state index in [0.29, 0.717) is 12.5 Å². The average Bonchev–Trinajstić information content (AvgIpc) is 2.52. The number of benzene rings is 2. The van der Waals surface area contributed by atoms with Crippen molar-refractivity contribution in [3.05, 3.63) is 71.8 Å². The smallest absolute Gasteiger partial charge is 0.0685 e. The van der Waals surface area contributed by atoms with E-state index in [-0.39, 0.29) is 12.1 Å². The van der Waals surface area contributed by atoms with Crippen molar-refractivity contribution in [3.63, 3.8) is 0 Å². The van der Waals surface area contributed by atoms with E-state index in [0.717, 1.165) is 12.8 Å².